The molecule has 0 aliphatic heterocycles. The van der Waals surface area contributed by atoms with Crippen LogP contribution in [-0.2, 0) is 9.53 Å². The van der Waals surface area contributed by atoms with Crippen molar-refractivity contribution in [2.75, 3.05) is 26.8 Å². The fourth-order valence-electron chi connectivity index (χ4n) is 0.871. The molecule has 0 atom stereocenters. The van der Waals surface area contributed by atoms with Crippen molar-refractivity contribution >= 4 is 12.0 Å². The van der Waals surface area contributed by atoms with Gasteiger partial charge in [0, 0.05) is 5.54 Å². The summed E-state index contributed by atoms with van der Waals surface area (Å²) in [5, 5.41) is 11.2. The summed E-state index contributed by atoms with van der Waals surface area (Å²) in [5.41, 5.74) is -0.508. The zero-order chi connectivity index (χ0) is 12.8. The van der Waals surface area contributed by atoms with Crippen LogP contribution in [0, 0.1) is 0 Å². The standard InChI is InChI=1S/C10H20N2O4/c1-5-16-9(15)11-8(14)6-12(4)10(2,3)7-13/h13H,5-7H2,1-4H3,(H,11,14,15). The van der Waals surface area contributed by atoms with Crippen LogP contribution >= 0.6 is 0 Å². The summed E-state index contributed by atoms with van der Waals surface area (Å²) in [6.07, 6.45) is -0.747. The summed E-state index contributed by atoms with van der Waals surface area (Å²) in [4.78, 5) is 24.0. The lowest BCUT2D eigenvalue weighted by atomic mass is 10.1. The molecule has 0 radical (unpaired) electrons. The van der Waals surface area contributed by atoms with E-state index in [0.29, 0.717) is 0 Å². The molecule has 16 heavy (non-hydrogen) atoms. The average molecular weight is 232 g/mol. The molecule has 6 heteroatoms. The molecular weight excluding hydrogens is 212 g/mol. The van der Waals surface area contributed by atoms with Gasteiger partial charge in [-0.1, -0.05) is 0 Å². The number of ether oxygens (including phenoxy) is 1. The van der Waals surface area contributed by atoms with Crippen LogP contribution in [0.5, 0.6) is 0 Å². The Morgan fingerprint density at radius 3 is 2.44 bits per heavy atom. The van der Waals surface area contributed by atoms with Crippen molar-refractivity contribution in [3.8, 4) is 0 Å². The van der Waals surface area contributed by atoms with E-state index in [1.165, 1.54) is 0 Å². The number of hydrogen-bond donors (Lipinski definition) is 2. The second kappa shape index (κ2) is 6.44. The summed E-state index contributed by atoms with van der Waals surface area (Å²) in [7, 11) is 1.70. The van der Waals surface area contributed by atoms with Gasteiger partial charge in [0.2, 0.25) is 5.91 Å². The number of likely N-dealkylation sites (N-methyl/N-ethyl adjacent to an activating group) is 1. The molecule has 0 aromatic heterocycles. The van der Waals surface area contributed by atoms with Gasteiger partial charge in [-0.25, -0.2) is 4.79 Å². The minimum Gasteiger partial charge on any atom is -0.450 e. The molecule has 0 bridgehead atoms. The predicted molar refractivity (Wildman–Crippen MR) is 59.0 cm³/mol. The second-order valence-corrected chi connectivity index (χ2v) is 4.10. The smallest absolute Gasteiger partial charge is 0.413 e. The van der Waals surface area contributed by atoms with E-state index >= 15 is 0 Å². The first-order valence-corrected chi connectivity index (χ1v) is 5.12. The quantitative estimate of drug-likeness (QED) is 0.695. The summed E-state index contributed by atoms with van der Waals surface area (Å²) in [6, 6.07) is 0. The Morgan fingerprint density at radius 2 is 2.00 bits per heavy atom. The Bertz CT molecular complexity index is 253. The van der Waals surface area contributed by atoms with Gasteiger partial charge in [-0.3, -0.25) is 15.0 Å². The molecule has 94 valence electrons. The predicted octanol–water partition coefficient (Wildman–Crippen LogP) is -0.0382. The lowest BCUT2D eigenvalue weighted by molar-refractivity contribution is -0.122. The van der Waals surface area contributed by atoms with Gasteiger partial charge in [-0.05, 0) is 27.8 Å². The number of nitrogens with zero attached hydrogens (tertiary/aromatic N) is 1. The Morgan fingerprint density at radius 1 is 1.44 bits per heavy atom. The monoisotopic (exact) mass is 232 g/mol. The molecule has 0 fully saturated rings. The summed E-state index contributed by atoms with van der Waals surface area (Å²) >= 11 is 0. The van der Waals surface area contributed by atoms with Crippen LogP contribution in [0.4, 0.5) is 4.79 Å². The van der Waals surface area contributed by atoms with Gasteiger partial charge in [-0.15, -0.1) is 0 Å². The van der Waals surface area contributed by atoms with Gasteiger partial charge in [0.05, 0.1) is 19.8 Å². The molecule has 2 N–H and O–H groups in total. The van der Waals surface area contributed by atoms with Gasteiger partial charge in [-0.2, -0.15) is 0 Å². The Hall–Kier alpha value is -1.14. The maximum atomic E-state index is 11.4. The van der Waals surface area contributed by atoms with Crippen LogP contribution in [-0.4, -0.2) is 54.4 Å². The van der Waals surface area contributed by atoms with Gasteiger partial charge < -0.3 is 9.84 Å². The normalized spacial score (nSPS) is 11.4. The number of imide groups is 1. The van der Waals surface area contributed by atoms with Crippen LogP contribution < -0.4 is 5.32 Å². The number of aliphatic hydroxyl groups excluding tert-OH is 1. The number of carbonyl (C=O) groups is 2. The molecule has 0 unspecified atom stereocenters. The van der Waals surface area contributed by atoms with E-state index in [1.54, 1.807) is 32.7 Å². The van der Waals surface area contributed by atoms with Crippen molar-refractivity contribution < 1.29 is 19.4 Å². The van der Waals surface area contributed by atoms with Crippen molar-refractivity contribution in [2.24, 2.45) is 0 Å². The number of aliphatic hydroxyl groups is 1. The fraction of sp³-hybridized carbons (Fsp3) is 0.800. The lowest BCUT2D eigenvalue weighted by Crippen LogP contribution is -2.49. The average Bonchev–Trinajstić information content (AvgIpc) is 2.17. The van der Waals surface area contributed by atoms with Crippen molar-refractivity contribution in [2.45, 2.75) is 26.3 Å². The van der Waals surface area contributed by atoms with E-state index in [-0.39, 0.29) is 19.8 Å². The molecule has 0 heterocycles. The molecule has 0 spiro atoms. The third-order valence-corrected chi connectivity index (χ3v) is 2.32. The summed E-state index contributed by atoms with van der Waals surface area (Å²) < 4.78 is 4.57. The zero-order valence-electron chi connectivity index (χ0n) is 10.2. The number of alkyl carbamates (subject to hydrolysis) is 1. The molecule has 2 amide bonds. The van der Waals surface area contributed by atoms with Crippen molar-refractivity contribution in [1.82, 2.24) is 10.2 Å². The number of carbonyl (C=O) groups excluding carboxylic acids is 2. The van der Waals surface area contributed by atoms with E-state index in [9.17, 15) is 9.59 Å². The molecule has 0 aromatic rings. The third kappa shape index (κ3) is 5.09. The molecule has 0 aliphatic rings. The SMILES string of the molecule is CCOC(=O)NC(=O)CN(C)C(C)(C)CO. The first-order valence-electron chi connectivity index (χ1n) is 5.12. The number of amides is 2. The van der Waals surface area contributed by atoms with E-state index < -0.39 is 17.5 Å². The van der Waals surface area contributed by atoms with E-state index in [2.05, 4.69) is 10.1 Å². The Kier molecular flexibility index (Phi) is 5.98. The highest BCUT2D eigenvalue weighted by molar-refractivity contribution is 5.92. The molecule has 6 nitrogen and oxygen atoms in total. The highest BCUT2D eigenvalue weighted by Gasteiger charge is 2.24. The third-order valence-electron chi connectivity index (χ3n) is 2.32. The highest BCUT2D eigenvalue weighted by atomic mass is 16.5. The van der Waals surface area contributed by atoms with E-state index in [0.717, 1.165) is 0 Å². The topological polar surface area (TPSA) is 78.9 Å². The van der Waals surface area contributed by atoms with Crippen LogP contribution in [0.2, 0.25) is 0 Å². The highest BCUT2D eigenvalue weighted by Crippen LogP contribution is 2.09. The van der Waals surface area contributed by atoms with Crippen molar-refractivity contribution in [3.63, 3.8) is 0 Å². The van der Waals surface area contributed by atoms with Gasteiger partial charge in [0.15, 0.2) is 0 Å². The molecule has 0 saturated carbocycles. The summed E-state index contributed by atoms with van der Waals surface area (Å²) in [6.45, 7) is 5.42. The van der Waals surface area contributed by atoms with Gasteiger partial charge in [0.1, 0.15) is 0 Å². The minimum atomic E-state index is -0.747. The van der Waals surface area contributed by atoms with Gasteiger partial charge in [0.25, 0.3) is 0 Å². The van der Waals surface area contributed by atoms with Crippen LogP contribution in [0.3, 0.4) is 0 Å². The van der Waals surface area contributed by atoms with E-state index in [1.807, 2.05) is 0 Å². The largest absolute Gasteiger partial charge is 0.450 e. The first-order chi connectivity index (χ1) is 7.33. The Balaban J connectivity index is 4.10. The van der Waals surface area contributed by atoms with E-state index in [4.69, 9.17) is 5.11 Å². The lowest BCUT2D eigenvalue weighted by Gasteiger charge is -2.32. The zero-order valence-corrected chi connectivity index (χ0v) is 10.2. The molecule has 0 aliphatic carbocycles. The maximum absolute atomic E-state index is 11.4. The van der Waals surface area contributed by atoms with Crippen LogP contribution in [0.1, 0.15) is 20.8 Å². The van der Waals surface area contributed by atoms with Crippen molar-refractivity contribution in [3.05, 3.63) is 0 Å². The number of rotatable bonds is 5. The van der Waals surface area contributed by atoms with Crippen LogP contribution in [0.15, 0.2) is 0 Å². The maximum Gasteiger partial charge on any atom is 0.413 e. The summed E-state index contributed by atoms with van der Waals surface area (Å²) in [5.74, 6) is -0.456. The molecule has 0 rings (SSSR count). The molecule has 0 aromatic carbocycles. The van der Waals surface area contributed by atoms with Gasteiger partial charge >= 0.3 is 6.09 Å². The number of hydrogen-bond acceptors (Lipinski definition) is 5. The van der Waals surface area contributed by atoms with Crippen LogP contribution in [0.25, 0.3) is 0 Å². The minimum absolute atomic E-state index is 0.0202. The fourth-order valence-corrected chi connectivity index (χ4v) is 0.871. The number of nitrogens with one attached hydrogen (secondary N) is 1. The van der Waals surface area contributed by atoms with Crippen molar-refractivity contribution in [1.29, 1.82) is 0 Å². The molecular formula is C10H20N2O4. The molecule has 0 saturated heterocycles. The first kappa shape index (κ1) is 14.9. The second-order valence-electron chi connectivity index (χ2n) is 4.10. The Labute approximate surface area is 95.6 Å².